The number of carbonyl (C=O) groups is 3. The van der Waals surface area contributed by atoms with Crippen molar-refractivity contribution >= 4 is 29.1 Å². The molecule has 9 heteroatoms. The van der Waals surface area contributed by atoms with Gasteiger partial charge in [0.25, 0.3) is 17.4 Å². The molecule has 0 saturated carbocycles. The second-order valence-electron chi connectivity index (χ2n) is 6.01. The van der Waals surface area contributed by atoms with Crippen molar-refractivity contribution in [3.05, 3.63) is 81.4 Å². The van der Waals surface area contributed by atoms with Crippen molar-refractivity contribution in [1.82, 2.24) is 4.90 Å². The molecule has 0 radical (unpaired) electrons. The van der Waals surface area contributed by atoms with Crippen molar-refractivity contribution in [3.63, 3.8) is 0 Å². The molecule has 1 atom stereocenters. The van der Waals surface area contributed by atoms with E-state index in [0.29, 0.717) is 0 Å². The Bertz CT molecular complexity index is 997. The number of rotatable bonds is 5. The molecule has 0 aliphatic carbocycles. The molecule has 1 saturated heterocycles. The van der Waals surface area contributed by atoms with E-state index in [1.165, 1.54) is 24.3 Å². The van der Waals surface area contributed by atoms with Gasteiger partial charge in [-0.1, -0.05) is 30.3 Å². The first-order valence-electron chi connectivity index (χ1n) is 8.09. The first-order chi connectivity index (χ1) is 13.3. The van der Waals surface area contributed by atoms with Gasteiger partial charge in [-0.15, -0.1) is 0 Å². The number of carbonyl (C=O) groups excluding carboxylic acids is 3. The number of aliphatic carboxylic acids is 1. The highest BCUT2D eigenvalue weighted by Crippen LogP contribution is 2.39. The number of aliphatic hydroxyl groups excluding tert-OH is 1. The number of nitro groups is 1. The number of likely N-dealkylation sites (tertiary alicyclic amines) is 1. The molecular formula is C19H13N2O7-. The van der Waals surface area contributed by atoms with Crippen LogP contribution in [0.3, 0.4) is 0 Å². The molecule has 0 spiro atoms. The molecule has 1 aliphatic rings. The zero-order chi connectivity index (χ0) is 20.4. The summed E-state index contributed by atoms with van der Waals surface area (Å²) < 4.78 is 0. The fourth-order valence-electron chi connectivity index (χ4n) is 3.06. The fourth-order valence-corrected chi connectivity index (χ4v) is 3.06. The Morgan fingerprint density at radius 1 is 1.07 bits per heavy atom. The van der Waals surface area contributed by atoms with Crippen LogP contribution in [0.25, 0.3) is 5.76 Å². The fraction of sp³-hybridized carbons (Fsp3) is 0.105. The second-order valence-corrected chi connectivity index (χ2v) is 6.01. The SMILES string of the molecule is O=C([O-])CN1C(=O)C(=O)C(=C(O)c2ccccc2)[C@H]1c1ccc([N+](=O)[O-])cc1. The van der Waals surface area contributed by atoms with Crippen LogP contribution in [-0.4, -0.2) is 39.1 Å². The Morgan fingerprint density at radius 2 is 1.68 bits per heavy atom. The highest BCUT2D eigenvalue weighted by atomic mass is 16.6. The largest absolute Gasteiger partial charge is 0.548 e. The van der Waals surface area contributed by atoms with Crippen molar-refractivity contribution in [2.24, 2.45) is 0 Å². The molecule has 1 N–H and O–H groups in total. The Morgan fingerprint density at radius 3 is 2.21 bits per heavy atom. The number of hydrogen-bond donors (Lipinski definition) is 1. The Labute approximate surface area is 158 Å². The summed E-state index contributed by atoms with van der Waals surface area (Å²) in [5.74, 6) is -4.22. The zero-order valence-corrected chi connectivity index (χ0v) is 14.3. The lowest BCUT2D eigenvalue weighted by Crippen LogP contribution is -2.40. The van der Waals surface area contributed by atoms with Gasteiger partial charge in [0.2, 0.25) is 0 Å². The smallest absolute Gasteiger partial charge is 0.295 e. The molecule has 0 aromatic heterocycles. The van der Waals surface area contributed by atoms with E-state index in [2.05, 4.69) is 0 Å². The quantitative estimate of drug-likeness (QED) is 0.265. The van der Waals surface area contributed by atoms with Crippen molar-refractivity contribution in [2.45, 2.75) is 6.04 Å². The van der Waals surface area contributed by atoms with E-state index in [4.69, 9.17) is 0 Å². The topological polar surface area (TPSA) is 141 Å². The number of ketones is 1. The van der Waals surface area contributed by atoms with Crippen molar-refractivity contribution in [2.75, 3.05) is 6.54 Å². The van der Waals surface area contributed by atoms with Gasteiger partial charge < -0.3 is 19.9 Å². The van der Waals surface area contributed by atoms with E-state index in [-0.39, 0.29) is 22.4 Å². The van der Waals surface area contributed by atoms with Gasteiger partial charge in [0.05, 0.1) is 29.1 Å². The van der Waals surface area contributed by atoms with E-state index < -0.39 is 40.9 Å². The zero-order valence-electron chi connectivity index (χ0n) is 14.3. The normalized spacial score (nSPS) is 18.3. The number of nitrogens with zero attached hydrogens (tertiary/aromatic N) is 2. The van der Waals surface area contributed by atoms with Crippen LogP contribution in [0.2, 0.25) is 0 Å². The number of Topliss-reactive ketones (excluding diaryl/α,β-unsaturated/α-hetero) is 1. The van der Waals surface area contributed by atoms with Gasteiger partial charge in [-0.05, 0) is 17.7 Å². The third kappa shape index (κ3) is 3.32. The molecule has 28 heavy (non-hydrogen) atoms. The summed E-state index contributed by atoms with van der Waals surface area (Å²) in [4.78, 5) is 47.0. The number of hydrogen-bond acceptors (Lipinski definition) is 7. The van der Waals surface area contributed by atoms with Crippen LogP contribution < -0.4 is 5.11 Å². The minimum atomic E-state index is -1.59. The van der Waals surface area contributed by atoms with E-state index in [0.717, 1.165) is 17.0 Å². The second kappa shape index (κ2) is 7.31. The highest BCUT2D eigenvalue weighted by molar-refractivity contribution is 6.46. The van der Waals surface area contributed by atoms with Crippen LogP contribution in [0.4, 0.5) is 5.69 Å². The molecule has 0 bridgehead atoms. The number of carboxylic acids is 1. The van der Waals surface area contributed by atoms with Gasteiger partial charge in [0.1, 0.15) is 5.76 Å². The Balaban J connectivity index is 2.18. The van der Waals surface area contributed by atoms with Crippen LogP contribution in [-0.2, 0) is 14.4 Å². The van der Waals surface area contributed by atoms with Crippen molar-refractivity contribution in [3.8, 4) is 0 Å². The maximum Gasteiger partial charge on any atom is 0.295 e. The number of aliphatic hydroxyl groups is 1. The molecule has 142 valence electrons. The van der Waals surface area contributed by atoms with Gasteiger partial charge in [-0.2, -0.15) is 0 Å². The van der Waals surface area contributed by atoms with E-state index >= 15 is 0 Å². The van der Waals surface area contributed by atoms with E-state index in [1.54, 1.807) is 18.2 Å². The van der Waals surface area contributed by atoms with Crippen LogP contribution >= 0.6 is 0 Å². The van der Waals surface area contributed by atoms with Gasteiger partial charge in [-0.3, -0.25) is 19.7 Å². The maximum atomic E-state index is 12.5. The lowest BCUT2D eigenvalue weighted by Gasteiger charge is -2.25. The van der Waals surface area contributed by atoms with Gasteiger partial charge >= 0.3 is 0 Å². The average Bonchev–Trinajstić information content (AvgIpc) is 2.92. The van der Waals surface area contributed by atoms with Crippen LogP contribution in [0.15, 0.2) is 60.2 Å². The maximum absolute atomic E-state index is 12.5. The molecule has 1 aliphatic heterocycles. The predicted molar refractivity (Wildman–Crippen MR) is 93.6 cm³/mol. The summed E-state index contributed by atoms with van der Waals surface area (Å²) in [6.45, 7) is -0.877. The molecule has 1 heterocycles. The number of amides is 1. The summed E-state index contributed by atoms with van der Waals surface area (Å²) in [5.41, 5.74) is -0.0145. The molecule has 2 aromatic rings. The van der Waals surface area contributed by atoms with Gasteiger partial charge in [0.15, 0.2) is 0 Å². The third-order valence-electron chi connectivity index (χ3n) is 4.31. The van der Waals surface area contributed by atoms with Gasteiger partial charge in [0, 0.05) is 17.7 Å². The summed E-state index contributed by atoms with van der Waals surface area (Å²) in [6, 6.07) is 11.7. The minimum Gasteiger partial charge on any atom is -0.548 e. The highest BCUT2D eigenvalue weighted by Gasteiger charge is 2.46. The molecule has 1 fully saturated rings. The van der Waals surface area contributed by atoms with Crippen molar-refractivity contribution in [1.29, 1.82) is 0 Å². The first-order valence-corrected chi connectivity index (χ1v) is 8.09. The molecule has 1 amide bonds. The van der Waals surface area contributed by atoms with E-state index in [1.807, 2.05) is 0 Å². The average molecular weight is 381 g/mol. The number of nitro benzene ring substituents is 1. The lowest BCUT2D eigenvalue weighted by molar-refractivity contribution is -0.384. The molecule has 2 aromatic carbocycles. The van der Waals surface area contributed by atoms with E-state index in [9.17, 15) is 34.7 Å². The summed E-state index contributed by atoms with van der Waals surface area (Å²) in [6.07, 6.45) is 0. The number of non-ortho nitro benzene ring substituents is 1. The first kappa shape index (κ1) is 18.8. The number of benzene rings is 2. The monoisotopic (exact) mass is 381 g/mol. The molecule has 9 nitrogen and oxygen atoms in total. The summed E-state index contributed by atoms with van der Waals surface area (Å²) in [5, 5.41) is 32.6. The summed E-state index contributed by atoms with van der Waals surface area (Å²) in [7, 11) is 0. The van der Waals surface area contributed by atoms with Crippen LogP contribution in [0, 0.1) is 10.1 Å². The van der Waals surface area contributed by atoms with Gasteiger partial charge in [-0.25, -0.2) is 0 Å². The van der Waals surface area contributed by atoms with Crippen molar-refractivity contribution < 1.29 is 29.5 Å². The molecular weight excluding hydrogens is 368 g/mol. The molecule has 0 unspecified atom stereocenters. The number of carboxylic acid groups (broad SMARTS) is 1. The summed E-state index contributed by atoms with van der Waals surface area (Å²) >= 11 is 0. The lowest BCUT2D eigenvalue weighted by atomic mass is 9.95. The molecule has 3 rings (SSSR count). The van der Waals surface area contributed by atoms with Crippen LogP contribution in [0.5, 0.6) is 0 Å². The standard InChI is InChI=1S/C19H14N2O7/c22-14(23)10-20-16(11-6-8-13(9-7-11)21(27)28)15(18(25)19(20)26)17(24)12-4-2-1-3-5-12/h1-9,16,24H,10H2,(H,22,23)/p-1/t16-/m1/s1. The minimum absolute atomic E-state index is 0.219. The Kier molecular flexibility index (Phi) is 4.90. The Hall–Kier alpha value is -4.01. The predicted octanol–water partition coefficient (Wildman–Crippen LogP) is 0.766. The van der Waals surface area contributed by atoms with Crippen LogP contribution in [0.1, 0.15) is 17.2 Å². The third-order valence-corrected chi connectivity index (χ3v) is 4.31.